The van der Waals surface area contributed by atoms with Gasteiger partial charge in [-0.1, -0.05) is 48.5 Å². The Morgan fingerprint density at radius 2 is 1.77 bits per heavy atom. The van der Waals surface area contributed by atoms with Crippen LogP contribution in [0, 0.1) is 0 Å². The highest BCUT2D eigenvalue weighted by atomic mass is 31.1. The molecule has 0 amide bonds. The smallest absolute Gasteiger partial charge is 0.223 e. The molecule has 2 aromatic heterocycles. The second-order valence-corrected chi connectivity index (χ2v) is 9.01. The van der Waals surface area contributed by atoms with Gasteiger partial charge in [-0.15, -0.1) is 4.74 Å². The summed E-state index contributed by atoms with van der Waals surface area (Å²) in [5.74, 6) is 0.976. The Morgan fingerprint density at radius 1 is 1.03 bits per heavy atom. The van der Waals surface area contributed by atoms with E-state index in [1.165, 1.54) is 6.33 Å². The van der Waals surface area contributed by atoms with Crippen molar-refractivity contribution in [2.24, 2.45) is 4.74 Å². The van der Waals surface area contributed by atoms with E-state index in [1.54, 1.807) is 6.33 Å². The topological polar surface area (TPSA) is 133 Å². The molecule has 2 heterocycles. The summed E-state index contributed by atoms with van der Waals surface area (Å²) >= 11 is 0. The summed E-state index contributed by atoms with van der Waals surface area (Å²) in [4.78, 5) is 24.9. The predicted octanol–water partition coefficient (Wildman–Crippen LogP) is 3.33. The van der Waals surface area contributed by atoms with E-state index < -0.39 is 14.2 Å². The van der Waals surface area contributed by atoms with Crippen LogP contribution < -0.4 is 15.4 Å². The number of rotatable bonds is 12. The summed E-state index contributed by atoms with van der Waals surface area (Å²) in [6.45, 7) is 2.81. The third-order valence-electron chi connectivity index (χ3n) is 5.03. The van der Waals surface area contributed by atoms with E-state index in [-0.39, 0.29) is 19.0 Å². The summed E-state index contributed by atoms with van der Waals surface area (Å²) in [5, 5.41) is 0. The molecule has 0 bridgehead atoms. The highest BCUT2D eigenvalue weighted by molar-refractivity contribution is 7.39. The summed E-state index contributed by atoms with van der Waals surface area (Å²) in [7, 11) is -1.97. The average Bonchev–Trinajstić information content (AvgIpc) is 3.29. The maximum absolute atomic E-state index is 12.5. The van der Waals surface area contributed by atoms with Crippen LogP contribution in [-0.2, 0) is 22.6 Å². The molecule has 182 valence electrons. The Kier molecular flexibility index (Phi) is 8.69. The van der Waals surface area contributed by atoms with Crippen molar-refractivity contribution in [3.63, 3.8) is 0 Å². The second kappa shape index (κ2) is 12.3. The molecule has 0 aliphatic rings. The molecule has 35 heavy (non-hydrogen) atoms. The fourth-order valence-corrected chi connectivity index (χ4v) is 4.07. The first-order chi connectivity index (χ1) is 17.1. The lowest BCUT2D eigenvalue weighted by Gasteiger charge is -2.17. The van der Waals surface area contributed by atoms with Crippen molar-refractivity contribution in [1.29, 1.82) is 0 Å². The second-order valence-electron chi connectivity index (χ2n) is 7.77. The molecule has 4 aromatic rings. The van der Waals surface area contributed by atoms with Gasteiger partial charge in [0.1, 0.15) is 24.1 Å². The van der Waals surface area contributed by atoms with Crippen molar-refractivity contribution in [3.05, 3.63) is 78.9 Å². The van der Waals surface area contributed by atoms with Crippen LogP contribution in [0.1, 0.15) is 12.5 Å². The van der Waals surface area contributed by atoms with Gasteiger partial charge in [0.2, 0.25) is 12.6 Å². The van der Waals surface area contributed by atoms with Gasteiger partial charge in [-0.25, -0.2) is 15.0 Å². The quantitative estimate of drug-likeness (QED) is 0.234. The monoisotopic (exact) mass is 494 g/mol. The lowest BCUT2D eigenvalue weighted by Crippen LogP contribution is -2.24. The maximum atomic E-state index is 12.5. The minimum Gasteiger partial charge on any atom is -0.610 e. The van der Waals surface area contributed by atoms with Crippen molar-refractivity contribution < 1.29 is 19.1 Å². The van der Waals surface area contributed by atoms with Gasteiger partial charge in [0.05, 0.1) is 25.6 Å². The van der Waals surface area contributed by atoms with Crippen molar-refractivity contribution >= 4 is 24.9 Å². The molecule has 0 radical (unpaired) electrons. The molecule has 0 aliphatic heterocycles. The van der Waals surface area contributed by atoms with Gasteiger partial charge in [0.15, 0.2) is 19.4 Å². The van der Waals surface area contributed by atoms with E-state index in [1.807, 2.05) is 72.2 Å². The Hall–Kier alpha value is -3.43. The molecule has 0 saturated heterocycles. The number of hydrogen-bond donors (Lipinski definition) is 1. The Morgan fingerprint density at radius 3 is 2.54 bits per heavy atom. The van der Waals surface area contributed by atoms with E-state index in [4.69, 9.17) is 19.9 Å². The molecule has 0 aliphatic carbocycles. The molecule has 0 fully saturated rings. The number of imidazole rings is 1. The standard InChI is InChI=1S/C24H27N6O4P/c1-18(13-30-16-28-22-23(25)26-15-27-24(22)30)33-17-35(31)29-12-21(34-20-10-6-3-7-11-20)32-14-19-8-4-2-5-9-19/h2-11,15-16,18,21H,12-14,17H2,1H3,(H2,25,26,27)/t18-,21-/m1/s1. The highest BCUT2D eigenvalue weighted by Gasteiger charge is 2.15. The molecule has 10 nitrogen and oxygen atoms in total. The number of nitrogens with zero attached hydrogens (tertiary/aromatic N) is 5. The number of aromatic nitrogens is 4. The van der Waals surface area contributed by atoms with Crippen LogP contribution in [0.2, 0.25) is 0 Å². The largest absolute Gasteiger partial charge is 0.610 e. The minimum atomic E-state index is -1.97. The first kappa shape index (κ1) is 24.7. The van der Waals surface area contributed by atoms with Gasteiger partial charge in [0.25, 0.3) is 0 Å². The highest BCUT2D eigenvalue weighted by Crippen LogP contribution is 2.20. The zero-order valence-corrected chi connectivity index (χ0v) is 20.2. The van der Waals surface area contributed by atoms with E-state index in [9.17, 15) is 4.89 Å². The van der Waals surface area contributed by atoms with Crippen molar-refractivity contribution in [2.45, 2.75) is 32.5 Å². The normalized spacial score (nSPS) is 13.6. The predicted molar refractivity (Wildman–Crippen MR) is 131 cm³/mol. The van der Waals surface area contributed by atoms with Gasteiger partial charge < -0.3 is 29.4 Å². The third-order valence-corrected chi connectivity index (χ3v) is 5.88. The molecule has 4 rings (SSSR count). The fraction of sp³-hybridized carbons (Fsp3) is 0.292. The van der Waals surface area contributed by atoms with E-state index >= 15 is 0 Å². The summed E-state index contributed by atoms with van der Waals surface area (Å²) in [5.41, 5.74) is 8.00. The van der Waals surface area contributed by atoms with E-state index in [2.05, 4.69) is 19.7 Å². The van der Waals surface area contributed by atoms with Crippen molar-refractivity contribution in [2.75, 3.05) is 18.6 Å². The van der Waals surface area contributed by atoms with Crippen LogP contribution in [0.25, 0.3) is 11.2 Å². The van der Waals surface area contributed by atoms with Crippen LogP contribution in [-0.4, -0.2) is 44.8 Å². The minimum absolute atomic E-state index is 0.0169. The van der Waals surface area contributed by atoms with Crippen molar-refractivity contribution in [3.8, 4) is 5.75 Å². The van der Waals surface area contributed by atoms with Crippen LogP contribution >= 0.6 is 7.94 Å². The van der Waals surface area contributed by atoms with Gasteiger partial charge >= 0.3 is 0 Å². The number of hydrogen-bond acceptors (Lipinski definition) is 9. The summed E-state index contributed by atoms with van der Waals surface area (Å²) in [6.07, 6.45) is 2.08. The van der Waals surface area contributed by atoms with E-state index in [0.29, 0.717) is 35.9 Å². The first-order valence-electron chi connectivity index (χ1n) is 11.1. The number of nitrogens with two attached hydrogens (primary N) is 1. The lowest BCUT2D eigenvalue weighted by atomic mass is 10.2. The summed E-state index contributed by atoms with van der Waals surface area (Å²) in [6, 6.07) is 19.1. The average molecular weight is 494 g/mol. The SMILES string of the molecule is C[C@H](Cn1cnc2c(N)ncnc21)OC[P+]([O-])=NC[C@H](OCc1ccccc1)Oc1ccccc1. The van der Waals surface area contributed by atoms with Gasteiger partial charge in [-0.2, -0.15) is 0 Å². The molecule has 0 spiro atoms. The third kappa shape index (κ3) is 7.27. The van der Waals surface area contributed by atoms with Crippen LogP contribution in [0.15, 0.2) is 78.1 Å². The van der Waals surface area contributed by atoms with Crippen molar-refractivity contribution in [1.82, 2.24) is 19.5 Å². The lowest BCUT2D eigenvalue weighted by molar-refractivity contribution is -0.161. The molecular formula is C24H27N6O4P. The molecule has 3 atom stereocenters. The number of benzene rings is 2. The number of fused-ring (bicyclic) bond motifs is 1. The van der Waals surface area contributed by atoms with Crippen LogP contribution in [0.3, 0.4) is 0 Å². The van der Waals surface area contributed by atoms with Crippen LogP contribution in [0.4, 0.5) is 5.82 Å². The number of anilines is 1. The fourth-order valence-electron chi connectivity index (χ4n) is 3.29. The van der Waals surface area contributed by atoms with Gasteiger partial charge in [-0.05, 0) is 24.6 Å². The molecule has 0 saturated carbocycles. The van der Waals surface area contributed by atoms with Gasteiger partial charge in [-0.3, -0.25) is 0 Å². The summed E-state index contributed by atoms with van der Waals surface area (Å²) < 4.78 is 23.6. The molecule has 11 heteroatoms. The zero-order valence-electron chi connectivity index (χ0n) is 19.3. The molecule has 2 aromatic carbocycles. The number of nitrogen functional groups attached to an aromatic ring is 1. The number of para-hydroxylation sites is 1. The van der Waals surface area contributed by atoms with Crippen LogP contribution in [0.5, 0.6) is 5.75 Å². The molecular weight excluding hydrogens is 467 g/mol. The van der Waals surface area contributed by atoms with E-state index in [0.717, 1.165) is 5.56 Å². The zero-order chi connectivity index (χ0) is 24.5. The Labute approximate surface area is 204 Å². The first-order valence-corrected chi connectivity index (χ1v) is 12.5. The molecule has 2 N–H and O–H groups in total. The molecule has 1 unspecified atom stereocenters. The maximum Gasteiger partial charge on any atom is 0.223 e. The van der Waals surface area contributed by atoms with Gasteiger partial charge in [0, 0.05) is 0 Å². The Balaban J connectivity index is 1.31. The Bertz CT molecular complexity index is 1240. The number of ether oxygens (including phenoxy) is 3.